The Morgan fingerprint density at radius 2 is 1.32 bits per heavy atom. The first-order valence-electron chi connectivity index (χ1n) is 10.5. The molecule has 6 rings (SSSR count). The third-order valence-electron chi connectivity index (χ3n) is 9.80. The average molecular weight is 296 g/mol. The number of rotatable bonds is 1. The summed E-state index contributed by atoms with van der Waals surface area (Å²) in [5.74, 6) is 12.3. The van der Waals surface area contributed by atoms with Crippen molar-refractivity contribution in [2.75, 3.05) is 0 Å². The van der Waals surface area contributed by atoms with E-state index in [1.807, 2.05) is 0 Å². The average Bonchev–Trinajstić information content (AvgIpc) is 3.31. The van der Waals surface area contributed by atoms with Crippen LogP contribution in [0.5, 0.6) is 0 Å². The normalized spacial score (nSPS) is 63.8. The van der Waals surface area contributed by atoms with Crippen molar-refractivity contribution in [2.45, 2.75) is 58.3 Å². The van der Waals surface area contributed by atoms with Gasteiger partial charge < -0.3 is 0 Å². The molecule has 0 aromatic heterocycles. The molecule has 0 aromatic rings. The molecule has 0 nitrogen and oxygen atoms in total. The molecule has 5 saturated carbocycles. The Hall–Kier alpha value is -0.260. The van der Waals surface area contributed by atoms with Gasteiger partial charge in [-0.05, 0) is 97.2 Å². The van der Waals surface area contributed by atoms with Crippen LogP contribution in [0.1, 0.15) is 58.3 Å². The Balaban J connectivity index is 1.32. The second-order valence-corrected chi connectivity index (χ2v) is 9.98. The zero-order valence-electron chi connectivity index (χ0n) is 14.2. The third kappa shape index (κ3) is 1.47. The summed E-state index contributed by atoms with van der Waals surface area (Å²) in [6, 6.07) is 0. The molecule has 4 bridgehead atoms. The highest BCUT2D eigenvalue weighted by Crippen LogP contribution is 2.70. The number of hydrogen-bond acceptors (Lipinski definition) is 0. The van der Waals surface area contributed by atoms with Crippen LogP contribution in [-0.2, 0) is 0 Å². The van der Waals surface area contributed by atoms with E-state index >= 15 is 0 Å². The molecular formula is C22H32. The van der Waals surface area contributed by atoms with Gasteiger partial charge in [-0.3, -0.25) is 0 Å². The van der Waals surface area contributed by atoms with E-state index in [1.165, 1.54) is 18.8 Å². The lowest BCUT2D eigenvalue weighted by Crippen LogP contribution is -2.45. The molecule has 0 aliphatic heterocycles. The zero-order valence-corrected chi connectivity index (χ0v) is 14.2. The summed E-state index contributed by atoms with van der Waals surface area (Å²) in [7, 11) is 0. The molecule has 22 heavy (non-hydrogen) atoms. The van der Waals surface area contributed by atoms with Gasteiger partial charge in [0.15, 0.2) is 0 Å². The number of fused-ring (bicyclic) bond motifs is 13. The first kappa shape index (κ1) is 13.1. The van der Waals surface area contributed by atoms with Crippen molar-refractivity contribution in [1.29, 1.82) is 0 Å². The monoisotopic (exact) mass is 296 g/mol. The fourth-order valence-corrected chi connectivity index (χ4v) is 9.28. The van der Waals surface area contributed by atoms with Crippen molar-refractivity contribution >= 4 is 0 Å². The van der Waals surface area contributed by atoms with E-state index in [-0.39, 0.29) is 0 Å². The Labute approximate surface area is 136 Å². The summed E-state index contributed by atoms with van der Waals surface area (Å²) >= 11 is 0. The Kier molecular flexibility index (Phi) is 2.63. The smallest absolute Gasteiger partial charge is 0.0196 e. The van der Waals surface area contributed by atoms with Crippen LogP contribution in [0.3, 0.4) is 0 Å². The summed E-state index contributed by atoms with van der Waals surface area (Å²) in [5, 5.41) is 0. The van der Waals surface area contributed by atoms with Crippen molar-refractivity contribution in [3.63, 3.8) is 0 Å². The van der Waals surface area contributed by atoms with Gasteiger partial charge in [0, 0.05) is 0 Å². The minimum absolute atomic E-state index is 0.999. The maximum Gasteiger partial charge on any atom is -0.0196 e. The molecule has 0 N–H and O–H groups in total. The minimum Gasteiger partial charge on any atom is -0.0848 e. The second kappa shape index (κ2) is 4.42. The Morgan fingerprint density at radius 1 is 0.682 bits per heavy atom. The van der Waals surface area contributed by atoms with Crippen LogP contribution in [0.25, 0.3) is 0 Å². The molecule has 0 radical (unpaired) electrons. The van der Waals surface area contributed by atoms with Crippen LogP contribution >= 0.6 is 0 Å². The highest BCUT2D eigenvalue weighted by Gasteiger charge is 2.63. The fourth-order valence-electron chi connectivity index (χ4n) is 9.28. The summed E-state index contributed by atoms with van der Waals surface area (Å²) in [5.41, 5.74) is 0. The predicted octanol–water partition coefficient (Wildman–Crippen LogP) is 5.54. The lowest BCUT2D eigenvalue weighted by molar-refractivity contribution is -0.0270. The quantitative estimate of drug-likeness (QED) is 0.557. The van der Waals surface area contributed by atoms with Gasteiger partial charge in [-0.15, -0.1) is 0 Å². The maximum absolute atomic E-state index is 2.61. The first-order valence-corrected chi connectivity index (χ1v) is 10.5. The Bertz CT molecular complexity index is 504. The second-order valence-electron chi connectivity index (χ2n) is 9.98. The van der Waals surface area contributed by atoms with Crippen LogP contribution in [-0.4, -0.2) is 0 Å². The summed E-state index contributed by atoms with van der Waals surface area (Å²) in [6.45, 7) is 2.48. The Morgan fingerprint density at radius 3 is 2.05 bits per heavy atom. The molecule has 0 heterocycles. The van der Waals surface area contributed by atoms with E-state index in [4.69, 9.17) is 0 Å². The van der Waals surface area contributed by atoms with Gasteiger partial charge in [-0.25, -0.2) is 0 Å². The van der Waals surface area contributed by atoms with E-state index < -0.39 is 0 Å². The lowest BCUT2D eigenvalue weighted by atomic mass is 9.53. The number of allylic oxidation sites excluding steroid dienone is 2. The van der Waals surface area contributed by atoms with Crippen LogP contribution in [0.4, 0.5) is 0 Å². The highest BCUT2D eigenvalue weighted by molar-refractivity contribution is 5.18. The third-order valence-corrected chi connectivity index (χ3v) is 9.80. The van der Waals surface area contributed by atoms with Crippen molar-refractivity contribution in [3.8, 4) is 0 Å². The number of hydrogen-bond donors (Lipinski definition) is 0. The van der Waals surface area contributed by atoms with Gasteiger partial charge >= 0.3 is 0 Å². The van der Waals surface area contributed by atoms with Gasteiger partial charge in [0.05, 0.1) is 0 Å². The molecule has 6 aliphatic rings. The van der Waals surface area contributed by atoms with Gasteiger partial charge in [-0.2, -0.15) is 0 Å². The zero-order chi connectivity index (χ0) is 14.4. The molecule has 0 heteroatoms. The summed E-state index contributed by atoms with van der Waals surface area (Å²) in [4.78, 5) is 0. The van der Waals surface area contributed by atoms with Crippen LogP contribution in [0.2, 0.25) is 0 Å². The van der Waals surface area contributed by atoms with Gasteiger partial charge in [-0.1, -0.05) is 38.3 Å². The first-order chi connectivity index (χ1) is 10.8. The highest BCUT2D eigenvalue weighted by atomic mass is 14.7. The van der Waals surface area contributed by atoms with Crippen molar-refractivity contribution in [2.24, 2.45) is 65.1 Å². The van der Waals surface area contributed by atoms with Crippen LogP contribution in [0, 0.1) is 65.1 Å². The van der Waals surface area contributed by atoms with Crippen molar-refractivity contribution < 1.29 is 0 Å². The molecule has 6 aliphatic carbocycles. The molecule has 0 aromatic carbocycles. The van der Waals surface area contributed by atoms with Gasteiger partial charge in [0.25, 0.3) is 0 Å². The molecule has 0 spiro atoms. The van der Waals surface area contributed by atoms with Crippen LogP contribution in [0.15, 0.2) is 12.2 Å². The summed E-state index contributed by atoms with van der Waals surface area (Å²) in [6.07, 6.45) is 17.9. The SMILES string of the molecule is CCC1CCCC2C3CC(C4CC5C6C=CC(C6)C5CC34)C12. The van der Waals surface area contributed by atoms with Crippen molar-refractivity contribution in [3.05, 3.63) is 12.2 Å². The molecule has 0 amide bonds. The van der Waals surface area contributed by atoms with E-state index in [1.54, 1.807) is 38.5 Å². The molecule has 5 fully saturated rings. The topological polar surface area (TPSA) is 0 Å². The minimum atomic E-state index is 0.999. The van der Waals surface area contributed by atoms with Crippen LogP contribution < -0.4 is 0 Å². The predicted molar refractivity (Wildman–Crippen MR) is 90.1 cm³/mol. The fraction of sp³-hybridized carbons (Fsp3) is 0.909. The molecule has 120 valence electrons. The van der Waals surface area contributed by atoms with E-state index in [0.29, 0.717) is 0 Å². The standard InChI is InChI=1S/C22H32/c1-2-12-4-3-5-15-18-11-21(22(12)15)20-10-17-14-7-6-13(8-14)16(17)9-19(18)20/h6-7,12-22H,2-5,8-11H2,1H3. The maximum atomic E-state index is 2.61. The molecule has 11 unspecified atom stereocenters. The van der Waals surface area contributed by atoms with E-state index in [0.717, 1.165) is 59.2 Å². The van der Waals surface area contributed by atoms with Gasteiger partial charge in [0.2, 0.25) is 0 Å². The molecule has 11 atom stereocenters. The summed E-state index contributed by atoms with van der Waals surface area (Å²) < 4.78 is 0. The molecule has 0 saturated heterocycles. The van der Waals surface area contributed by atoms with E-state index in [2.05, 4.69) is 19.1 Å². The molecular weight excluding hydrogens is 264 g/mol. The largest absolute Gasteiger partial charge is 0.0848 e. The lowest BCUT2D eigenvalue weighted by Gasteiger charge is -2.52. The van der Waals surface area contributed by atoms with Gasteiger partial charge in [0.1, 0.15) is 0 Å². The van der Waals surface area contributed by atoms with Crippen molar-refractivity contribution in [1.82, 2.24) is 0 Å². The van der Waals surface area contributed by atoms with E-state index in [9.17, 15) is 0 Å².